The summed E-state index contributed by atoms with van der Waals surface area (Å²) < 4.78 is 2.03. The molecule has 2 aliphatic rings. The van der Waals surface area contributed by atoms with Gasteiger partial charge in [-0.1, -0.05) is 58.9 Å². The van der Waals surface area contributed by atoms with E-state index in [1.807, 2.05) is 75.8 Å². The number of amides is 2. The molecule has 3 N–H and O–H groups in total. The number of nitrogens with one attached hydrogen (secondary N) is 1. The number of carbonyl (C=O) groups excluding carboxylic acids is 2. The van der Waals surface area contributed by atoms with Gasteiger partial charge in [0, 0.05) is 31.6 Å². The van der Waals surface area contributed by atoms with E-state index in [0.717, 1.165) is 29.3 Å². The highest BCUT2D eigenvalue weighted by Gasteiger charge is 2.41. The number of hydrogen-bond donors (Lipinski definition) is 3. The van der Waals surface area contributed by atoms with Gasteiger partial charge in [-0.25, -0.2) is 0 Å². The smallest absolute Gasteiger partial charge is 0.243 e. The number of aliphatic hydroxyl groups excluding tert-OH is 2. The first-order valence-electron chi connectivity index (χ1n) is 13.3. The third-order valence-corrected chi connectivity index (χ3v) is 7.21. The highest BCUT2D eigenvalue weighted by atomic mass is 16.3. The molecule has 4 atom stereocenters. The molecule has 1 saturated heterocycles. The van der Waals surface area contributed by atoms with Crippen molar-refractivity contribution in [1.29, 1.82) is 0 Å². The first-order chi connectivity index (χ1) is 17.3. The van der Waals surface area contributed by atoms with Crippen LogP contribution in [0.4, 0.5) is 0 Å². The van der Waals surface area contributed by atoms with Gasteiger partial charge < -0.3 is 20.4 Å². The van der Waals surface area contributed by atoms with E-state index in [0.29, 0.717) is 0 Å². The largest absolute Gasteiger partial charge is 0.394 e. The zero-order valence-electron chi connectivity index (χ0n) is 22.2. The summed E-state index contributed by atoms with van der Waals surface area (Å²) in [5.41, 5.74) is 2.86. The lowest BCUT2D eigenvalue weighted by Gasteiger charge is -2.29. The van der Waals surface area contributed by atoms with Crippen LogP contribution in [0.15, 0.2) is 36.5 Å². The molecule has 2 amide bonds. The monoisotopic (exact) mass is 498 g/mol. The molecule has 0 bridgehead atoms. The molecule has 8 nitrogen and oxygen atoms in total. The maximum Gasteiger partial charge on any atom is 0.243 e. The average molecular weight is 499 g/mol. The molecule has 2 fully saturated rings. The van der Waals surface area contributed by atoms with Crippen molar-refractivity contribution in [3.05, 3.63) is 42.1 Å². The van der Waals surface area contributed by atoms with Gasteiger partial charge in [-0.2, -0.15) is 5.10 Å². The first-order valence-corrected chi connectivity index (χ1v) is 13.3. The van der Waals surface area contributed by atoms with Crippen LogP contribution in [0.5, 0.6) is 0 Å². The molecular weight excluding hydrogens is 456 g/mol. The van der Waals surface area contributed by atoms with Gasteiger partial charge in [0.05, 0.1) is 24.4 Å². The van der Waals surface area contributed by atoms with Crippen molar-refractivity contribution in [2.75, 3.05) is 13.2 Å². The summed E-state index contributed by atoms with van der Waals surface area (Å²) in [6.45, 7) is 10.6. The predicted molar refractivity (Wildman–Crippen MR) is 140 cm³/mol. The summed E-state index contributed by atoms with van der Waals surface area (Å²) in [6.07, 6.45) is 3.79. The maximum absolute atomic E-state index is 13.1. The molecular formula is C28H42N4O4. The SMILES string of the molecule is CC.CC(C)C(C)C(=O)N1CC(O)CC1C(=O)NC(CO)c1ccc(-c2ccnn2CC2CC2)cc1. The Morgan fingerprint density at radius 3 is 2.36 bits per heavy atom. The molecule has 4 rings (SSSR count). The van der Waals surface area contributed by atoms with Crippen LogP contribution in [0, 0.1) is 17.8 Å². The van der Waals surface area contributed by atoms with Crippen LogP contribution in [0.25, 0.3) is 11.3 Å². The van der Waals surface area contributed by atoms with E-state index in [1.54, 1.807) is 0 Å². The van der Waals surface area contributed by atoms with Crippen molar-refractivity contribution in [3.63, 3.8) is 0 Å². The Kier molecular flexibility index (Phi) is 9.68. The summed E-state index contributed by atoms with van der Waals surface area (Å²) in [5, 5.41) is 27.5. The Balaban J connectivity index is 0.00000176. The van der Waals surface area contributed by atoms with Crippen LogP contribution in [-0.4, -0.2) is 62.0 Å². The third-order valence-electron chi connectivity index (χ3n) is 7.21. The molecule has 1 aromatic heterocycles. The zero-order chi connectivity index (χ0) is 26.4. The topological polar surface area (TPSA) is 108 Å². The summed E-state index contributed by atoms with van der Waals surface area (Å²) >= 11 is 0. The van der Waals surface area contributed by atoms with E-state index in [-0.39, 0.29) is 43.2 Å². The fraction of sp³-hybridized carbons (Fsp3) is 0.607. The molecule has 36 heavy (non-hydrogen) atoms. The molecule has 8 heteroatoms. The Morgan fingerprint density at radius 1 is 1.11 bits per heavy atom. The quantitative estimate of drug-likeness (QED) is 0.491. The normalized spacial score (nSPS) is 21.1. The fourth-order valence-electron chi connectivity index (χ4n) is 4.51. The molecule has 1 aromatic carbocycles. The number of β-amino-alcohol motifs (C(OH)–C–C–N with tert-alkyl or cyclic N) is 1. The van der Waals surface area contributed by atoms with Crippen molar-refractivity contribution in [3.8, 4) is 11.3 Å². The Morgan fingerprint density at radius 2 is 1.78 bits per heavy atom. The van der Waals surface area contributed by atoms with E-state index >= 15 is 0 Å². The van der Waals surface area contributed by atoms with Gasteiger partial charge in [0.15, 0.2) is 0 Å². The molecule has 1 saturated carbocycles. The lowest BCUT2D eigenvalue weighted by molar-refractivity contribution is -0.142. The molecule has 2 aromatic rings. The molecule has 1 aliphatic heterocycles. The van der Waals surface area contributed by atoms with Gasteiger partial charge in [-0.05, 0) is 41.9 Å². The van der Waals surface area contributed by atoms with E-state index < -0.39 is 18.2 Å². The van der Waals surface area contributed by atoms with Gasteiger partial charge in [0.25, 0.3) is 0 Å². The molecule has 4 unspecified atom stereocenters. The summed E-state index contributed by atoms with van der Waals surface area (Å²) in [4.78, 5) is 27.5. The van der Waals surface area contributed by atoms with Gasteiger partial charge in [0.2, 0.25) is 11.8 Å². The number of likely N-dealkylation sites (tertiary alicyclic amines) is 1. The van der Waals surface area contributed by atoms with Gasteiger partial charge in [-0.3, -0.25) is 14.3 Å². The minimum absolute atomic E-state index is 0.126. The van der Waals surface area contributed by atoms with Crippen molar-refractivity contribution in [1.82, 2.24) is 20.0 Å². The molecule has 1 aliphatic carbocycles. The number of benzene rings is 1. The van der Waals surface area contributed by atoms with Crippen molar-refractivity contribution < 1.29 is 19.8 Å². The third kappa shape index (κ3) is 6.53. The summed E-state index contributed by atoms with van der Waals surface area (Å²) in [5.74, 6) is 0.135. The Bertz CT molecular complexity index is 999. The van der Waals surface area contributed by atoms with Crippen LogP contribution in [0.3, 0.4) is 0 Å². The van der Waals surface area contributed by atoms with Crippen molar-refractivity contribution in [2.24, 2.45) is 17.8 Å². The maximum atomic E-state index is 13.1. The van der Waals surface area contributed by atoms with E-state index in [4.69, 9.17) is 0 Å². The van der Waals surface area contributed by atoms with Gasteiger partial charge >= 0.3 is 0 Å². The first kappa shape index (κ1) is 27.9. The summed E-state index contributed by atoms with van der Waals surface area (Å²) in [7, 11) is 0. The number of hydrogen-bond acceptors (Lipinski definition) is 5. The minimum Gasteiger partial charge on any atom is -0.394 e. The molecule has 198 valence electrons. The fourth-order valence-corrected chi connectivity index (χ4v) is 4.51. The zero-order valence-corrected chi connectivity index (χ0v) is 22.2. The van der Waals surface area contributed by atoms with Crippen LogP contribution >= 0.6 is 0 Å². The van der Waals surface area contributed by atoms with E-state index in [9.17, 15) is 19.8 Å². The lowest BCUT2D eigenvalue weighted by atomic mass is 9.96. The summed E-state index contributed by atoms with van der Waals surface area (Å²) in [6, 6.07) is 8.41. The lowest BCUT2D eigenvalue weighted by Crippen LogP contribution is -2.49. The Hall–Kier alpha value is -2.71. The van der Waals surface area contributed by atoms with E-state index in [2.05, 4.69) is 10.4 Å². The van der Waals surface area contributed by atoms with E-state index in [1.165, 1.54) is 17.7 Å². The Labute approximate surface area is 214 Å². The van der Waals surface area contributed by atoms with Crippen LogP contribution in [0.2, 0.25) is 0 Å². The van der Waals surface area contributed by atoms with Crippen LogP contribution in [-0.2, 0) is 16.1 Å². The standard InChI is InChI=1S/C26H36N4O4.C2H6/c1-16(2)17(3)26(34)29-14-21(32)12-24(29)25(33)28-22(15-31)19-6-8-20(9-7-19)23-10-11-27-30(23)13-18-4-5-18;1-2/h6-11,16-18,21-22,24,31-32H,4-5,12-15H2,1-3H3,(H,28,33);1-2H3. The average Bonchev–Trinajstić information content (AvgIpc) is 3.43. The number of aliphatic hydroxyl groups is 2. The number of carbonyl (C=O) groups is 2. The second-order valence-electron chi connectivity index (χ2n) is 10.1. The van der Waals surface area contributed by atoms with Crippen LogP contribution < -0.4 is 5.32 Å². The molecule has 0 spiro atoms. The van der Waals surface area contributed by atoms with Crippen LogP contribution in [0.1, 0.15) is 65.5 Å². The minimum atomic E-state index is -0.742. The highest BCUT2D eigenvalue weighted by Crippen LogP contribution is 2.32. The van der Waals surface area contributed by atoms with Crippen molar-refractivity contribution >= 4 is 11.8 Å². The second-order valence-corrected chi connectivity index (χ2v) is 10.1. The number of rotatable bonds is 9. The number of aromatic nitrogens is 2. The second kappa shape index (κ2) is 12.5. The number of nitrogens with zero attached hydrogens (tertiary/aromatic N) is 3. The van der Waals surface area contributed by atoms with Gasteiger partial charge in [-0.15, -0.1) is 0 Å². The molecule has 2 heterocycles. The predicted octanol–water partition coefficient (Wildman–Crippen LogP) is 3.39. The van der Waals surface area contributed by atoms with Crippen molar-refractivity contribution in [2.45, 2.75) is 78.6 Å². The highest BCUT2D eigenvalue weighted by molar-refractivity contribution is 5.89. The molecule has 0 radical (unpaired) electrons. The van der Waals surface area contributed by atoms with Gasteiger partial charge in [0.1, 0.15) is 6.04 Å².